The second kappa shape index (κ2) is 12.6. The molecule has 0 radical (unpaired) electrons. The Kier molecular flexibility index (Phi) is 10.3. The molecule has 0 aliphatic rings. The summed E-state index contributed by atoms with van der Waals surface area (Å²) in [6, 6.07) is 18.1. The lowest BCUT2D eigenvalue weighted by atomic mass is 10.1. The molecule has 0 heterocycles. The van der Waals surface area contributed by atoms with Crippen LogP contribution in [-0.4, -0.2) is 39.6 Å². The van der Waals surface area contributed by atoms with E-state index in [1.165, 1.54) is 12.1 Å². The number of halogens is 3. The monoisotopic (exact) mass is 478 g/mol. The molecule has 0 saturated heterocycles. The highest BCUT2D eigenvalue weighted by atomic mass is 19.4. The van der Waals surface area contributed by atoms with Crippen LogP contribution in [0.5, 0.6) is 5.75 Å². The lowest BCUT2D eigenvalue weighted by molar-refractivity contribution is -0.274. The van der Waals surface area contributed by atoms with Gasteiger partial charge in [-0.25, -0.2) is 14.4 Å². The van der Waals surface area contributed by atoms with Gasteiger partial charge in [-0.3, -0.25) is 0 Å². The highest BCUT2D eigenvalue weighted by Gasteiger charge is 2.32. The standard InChI is InChI=1S/C8H5F3O3.2C8H8O2/c9-8(10,11)14-6-4-2-1-3-5(6)7(12)13;1-6-2-4-7(5-3-6)8(9)10;1-6-3-2-4-7(5-6)8(9)10/h1-4H,(H,12,13);2*2-5H,1H3,(H,9,10). The summed E-state index contributed by atoms with van der Waals surface area (Å²) in [6.07, 6.45) is -4.88. The molecule has 180 valence electrons. The Bertz CT molecular complexity index is 1120. The fraction of sp³-hybridized carbons (Fsp3) is 0.125. The highest BCUT2D eigenvalue weighted by Crippen LogP contribution is 2.25. The van der Waals surface area contributed by atoms with Crippen LogP contribution in [0.25, 0.3) is 0 Å². The van der Waals surface area contributed by atoms with Gasteiger partial charge in [0.1, 0.15) is 11.3 Å². The number of rotatable bonds is 4. The molecule has 3 N–H and O–H groups in total. The largest absolute Gasteiger partial charge is 0.573 e. The van der Waals surface area contributed by atoms with Gasteiger partial charge in [0.25, 0.3) is 0 Å². The molecule has 7 nitrogen and oxygen atoms in total. The van der Waals surface area contributed by atoms with Gasteiger partial charge in [0.15, 0.2) is 0 Å². The van der Waals surface area contributed by atoms with Crippen LogP contribution in [0.2, 0.25) is 0 Å². The molecule has 0 spiro atoms. The predicted molar refractivity (Wildman–Crippen MR) is 116 cm³/mol. The molecule has 0 aromatic heterocycles. The van der Waals surface area contributed by atoms with E-state index in [1.54, 1.807) is 42.5 Å². The number of ether oxygens (including phenoxy) is 1. The highest BCUT2D eigenvalue weighted by molar-refractivity contribution is 5.90. The van der Waals surface area contributed by atoms with Crippen molar-refractivity contribution in [2.24, 2.45) is 0 Å². The summed E-state index contributed by atoms with van der Waals surface area (Å²) in [5.74, 6) is -3.93. The van der Waals surface area contributed by atoms with Crippen molar-refractivity contribution < 1.29 is 47.6 Å². The minimum Gasteiger partial charge on any atom is -0.478 e. The summed E-state index contributed by atoms with van der Waals surface area (Å²) >= 11 is 0. The maximum atomic E-state index is 11.8. The van der Waals surface area contributed by atoms with Gasteiger partial charge in [0, 0.05) is 0 Å². The summed E-state index contributed by atoms with van der Waals surface area (Å²) in [7, 11) is 0. The summed E-state index contributed by atoms with van der Waals surface area (Å²) in [5, 5.41) is 25.5. The summed E-state index contributed by atoms with van der Waals surface area (Å²) < 4.78 is 38.8. The van der Waals surface area contributed by atoms with Gasteiger partial charge >= 0.3 is 24.3 Å². The second-order valence-corrected chi connectivity index (χ2v) is 6.69. The van der Waals surface area contributed by atoms with E-state index in [2.05, 4.69) is 4.74 Å². The molecule has 0 atom stereocenters. The quantitative estimate of drug-likeness (QED) is 0.442. The van der Waals surface area contributed by atoms with Crippen LogP contribution in [0.3, 0.4) is 0 Å². The average molecular weight is 478 g/mol. The van der Waals surface area contributed by atoms with Crippen LogP contribution >= 0.6 is 0 Å². The molecule has 10 heteroatoms. The summed E-state index contributed by atoms with van der Waals surface area (Å²) in [5.41, 5.74) is 2.21. The number of para-hydroxylation sites is 1. The lowest BCUT2D eigenvalue weighted by Gasteiger charge is -2.10. The third-order valence-corrected chi connectivity index (χ3v) is 3.91. The molecule has 0 amide bonds. The summed E-state index contributed by atoms with van der Waals surface area (Å²) in [4.78, 5) is 31.1. The number of aryl methyl sites for hydroxylation is 2. The van der Waals surface area contributed by atoms with Gasteiger partial charge in [-0.05, 0) is 50.2 Å². The van der Waals surface area contributed by atoms with Gasteiger partial charge in [0.2, 0.25) is 0 Å². The van der Waals surface area contributed by atoms with E-state index in [1.807, 2.05) is 19.9 Å². The number of benzene rings is 3. The van der Waals surface area contributed by atoms with Gasteiger partial charge in [-0.2, -0.15) is 0 Å². The molecular weight excluding hydrogens is 457 g/mol. The SMILES string of the molecule is Cc1ccc(C(=O)O)cc1.Cc1cccc(C(=O)O)c1.O=C(O)c1ccccc1OC(F)(F)F. The Morgan fingerprint density at radius 2 is 1.24 bits per heavy atom. The van der Waals surface area contributed by atoms with Crippen molar-refractivity contribution in [3.05, 3.63) is 101 Å². The molecule has 3 rings (SSSR count). The second-order valence-electron chi connectivity index (χ2n) is 6.69. The van der Waals surface area contributed by atoms with Crippen LogP contribution in [0, 0.1) is 13.8 Å². The molecular formula is C24H21F3O7. The van der Waals surface area contributed by atoms with E-state index < -0.39 is 35.6 Å². The van der Waals surface area contributed by atoms with E-state index in [9.17, 15) is 27.6 Å². The predicted octanol–water partition coefficient (Wildman–Crippen LogP) is 5.67. The average Bonchev–Trinajstić information content (AvgIpc) is 2.74. The Hall–Kier alpha value is -4.34. The fourth-order valence-electron chi connectivity index (χ4n) is 2.33. The van der Waals surface area contributed by atoms with Crippen molar-refractivity contribution in [2.45, 2.75) is 20.2 Å². The van der Waals surface area contributed by atoms with Gasteiger partial charge < -0.3 is 20.1 Å². The van der Waals surface area contributed by atoms with E-state index in [4.69, 9.17) is 15.3 Å². The molecule has 0 aliphatic heterocycles. The molecule has 0 unspecified atom stereocenters. The van der Waals surface area contributed by atoms with Crippen LogP contribution in [0.15, 0.2) is 72.8 Å². The van der Waals surface area contributed by atoms with Gasteiger partial charge in [-0.1, -0.05) is 47.5 Å². The zero-order valence-electron chi connectivity index (χ0n) is 18.0. The molecule has 0 fully saturated rings. The Labute approximate surface area is 192 Å². The molecule has 0 saturated carbocycles. The van der Waals surface area contributed by atoms with Gasteiger partial charge in [0.05, 0.1) is 11.1 Å². The fourth-order valence-corrected chi connectivity index (χ4v) is 2.33. The molecule has 3 aromatic carbocycles. The van der Waals surface area contributed by atoms with Crippen molar-refractivity contribution in [1.82, 2.24) is 0 Å². The minimum atomic E-state index is -4.88. The lowest BCUT2D eigenvalue weighted by Crippen LogP contribution is -2.18. The number of hydrogen-bond donors (Lipinski definition) is 3. The van der Waals surface area contributed by atoms with Crippen molar-refractivity contribution in [3.8, 4) is 5.75 Å². The number of hydrogen-bond acceptors (Lipinski definition) is 4. The maximum Gasteiger partial charge on any atom is 0.573 e. The first-order chi connectivity index (χ1) is 15.8. The van der Waals surface area contributed by atoms with Crippen molar-refractivity contribution >= 4 is 17.9 Å². The summed E-state index contributed by atoms with van der Waals surface area (Å²) in [6.45, 7) is 3.79. The Morgan fingerprint density at radius 1 is 0.676 bits per heavy atom. The number of carboxylic acid groups (broad SMARTS) is 3. The molecule has 3 aromatic rings. The Balaban J connectivity index is 0.000000261. The van der Waals surface area contributed by atoms with Crippen LogP contribution in [0.1, 0.15) is 42.2 Å². The molecule has 0 bridgehead atoms. The first-order valence-electron chi connectivity index (χ1n) is 9.48. The van der Waals surface area contributed by atoms with E-state index in [-0.39, 0.29) is 0 Å². The van der Waals surface area contributed by atoms with Crippen molar-refractivity contribution in [2.75, 3.05) is 0 Å². The van der Waals surface area contributed by atoms with E-state index in [0.29, 0.717) is 11.1 Å². The van der Waals surface area contributed by atoms with Crippen LogP contribution in [-0.2, 0) is 0 Å². The van der Waals surface area contributed by atoms with Crippen molar-refractivity contribution in [3.63, 3.8) is 0 Å². The number of carbonyl (C=O) groups is 3. The van der Waals surface area contributed by atoms with Crippen molar-refractivity contribution in [1.29, 1.82) is 0 Å². The maximum absolute atomic E-state index is 11.8. The topological polar surface area (TPSA) is 121 Å². The van der Waals surface area contributed by atoms with Gasteiger partial charge in [-0.15, -0.1) is 13.2 Å². The zero-order valence-corrected chi connectivity index (χ0v) is 18.0. The normalized spacial score (nSPS) is 10.0. The van der Waals surface area contributed by atoms with E-state index >= 15 is 0 Å². The third kappa shape index (κ3) is 10.3. The molecule has 34 heavy (non-hydrogen) atoms. The van der Waals surface area contributed by atoms with Crippen LogP contribution in [0.4, 0.5) is 13.2 Å². The molecule has 0 aliphatic carbocycles. The number of aromatic carboxylic acids is 3. The Morgan fingerprint density at radius 3 is 1.68 bits per heavy atom. The number of carboxylic acids is 3. The van der Waals surface area contributed by atoms with Crippen LogP contribution < -0.4 is 4.74 Å². The van der Waals surface area contributed by atoms with E-state index in [0.717, 1.165) is 23.3 Å². The third-order valence-electron chi connectivity index (χ3n) is 3.91. The zero-order chi connectivity index (χ0) is 25.9. The number of alkyl halides is 3. The minimum absolute atomic E-state index is 0.339. The first-order valence-corrected chi connectivity index (χ1v) is 9.48. The smallest absolute Gasteiger partial charge is 0.478 e. The first kappa shape index (κ1) is 27.7.